The van der Waals surface area contributed by atoms with Crippen molar-refractivity contribution in [1.29, 1.82) is 0 Å². The molecule has 1 aliphatic rings. The minimum absolute atomic E-state index is 0.0872. The third-order valence-electron chi connectivity index (χ3n) is 4.91. The first kappa shape index (κ1) is 17.7. The quantitative estimate of drug-likeness (QED) is 0.929. The van der Waals surface area contributed by atoms with Gasteiger partial charge in [0, 0.05) is 37.6 Å². The minimum atomic E-state index is -0.0872. The van der Waals surface area contributed by atoms with Crippen LogP contribution >= 0.6 is 0 Å². The van der Waals surface area contributed by atoms with Gasteiger partial charge in [0.2, 0.25) is 5.91 Å². The van der Waals surface area contributed by atoms with E-state index in [2.05, 4.69) is 46.3 Å². The average molecular weight is 340 g/mol. The number of benzene rings is 1. The van der Waals surface area contributed by atoms with Crippen molar-refractivity contribution in [3.05, 3.63) is 35.9 Å². The predicted molar refractivity (Wildman–Crippen MR) is 103 cm³/mol. The summed E-state index contributed by atoms with van der Waals surface area (Å²) in [6, 6.07) is 10.5. The number of nitrogens with one attached hydrogen (secondary N) is 1. The molecule has 3 rings (SSSR count). The molecule has 0 radical (unpaired) electrons. The summed E-state index contributed by atoms with van der Waals surface area (Å²) in [5.74, 6) is 1.15. The molecule has 2 heterocycles. The largest absolute Gasteiger partial charge is 0.354 e. The van der Waals surface area contributed by atoms with Gasteiger partial charge in [0.1, 0.15) is 5.82 Å². The van der Waals surface area contributed by atoms with Crippen LogP contribution in [0.5, 0.6) is 0 Å². The van der Waals surface area contributed by atoms with Crippen LogP contribution in [0.15, 0.2) is 30.3 Å². The molecule has 1 unspecified atom stereocenters. The lowest BCUT2D eigenvalue weighted by molar-refractivity contribution is -0.126. The van der Waals surface area contributed by atoms with Gasteiger partial charge in [0.25, 0.3) is 0 Å². The number of pyridine rings is 1. The number of aromatic nitrogens is 1. The maximum absolute atomic E-state index is 12.2. The van der Waals surface area contributed by atoms with Crippen molar-refractivity contribution in [3.63, 3.8) is 0 Å². The number of para-hydroxylation sites is 1. The normalized spacial score (nSPS) is 17.1. The number of hydrogen-bond acceptors (Lipinski definition) is 4. The molecule has 1 fully saturated rings. The van der Waals surface area contributed by atoms with Gasteiger partial charge < -0.3 is 10.2 Å². The molecule has 25 heavy (non-hydrogen) atoms. The molecular formula is C20H28N4O. The zero-order valence-corrected chi connectivity index (χ0v) is 15.6. The number of carbonyl (C=O) groups excluding carboxylic acids is 1. The summed E-state index contributed by atoms with van der Waals surface area (Å²) < 4.78 is 0. The highest BCUT2D eigenvalue weighted by Gasteiger charge is 2.26. The van der Waals surface area contributed by atoms with Crippen molar-refractivity contribution in [2.75, 3.05) is 31.1 Å². The van der Waals surface area contributed by atoms with Gasteiger partial charge in [-0.25, -0.2) is 4.98 Å². The van der Waals surface area contributed by atoms with Crippen LogP contribution in [-0.2, 0) is 4.79 Å². The second-order valence-corrected chi connectivity index (χ2v) is 7.18. The van der Waals surface area contributed by atoms with E-state index in [0.717, 1.165) is 37.5 Å². The van der Waals surface area contributed by atoms with Crippen molar-refractivity contribution in [2.45, 2.75) is 39.8 Å². The lowest BCUT2D eigenvalue weighted by atomic mass is 10.1. The van der Waals surface area contributed by atoms with Gasteiger partial charge in [0.05, 0.1) is 11.6 Å². The molecule has 134 valence electrons. The van der Waals surface area contributed by atoms with Gasteiger partial charge in [-0.3, -0.25) is 9.69 Å². The molecule has 1 N–H and O–H groups in total. The Bertz CT molecular complexity index is 750. The fourth-order valence-corrected chi connectivity index (χ4v) is 3.40. The first-order valence-corrected chi connectivity index (χ1v) is 9.11. The number of anilines is 1. The molecule has 1 amide bonds. The fourth-order valence-electron chi connectivity index (χ4n) is 3.40. The SMILES string of the molecule is Cc1cc(N2CCN(C(C)C(=O)NC(C)C)CC2)nc2ccccc12. The minimum Gasteiger partial charge on any atom is -0.354 e. The lowest BCUT2D eigenvalue weighted by Crippen LogP contribution is -2.54. The molecule has 5 nitrogen and oxygen atoms in total. The Labute approximate surface area is 150 Å². The molecule has 1 atom stereocenters. The summed E-state index contributed by atoms with van der Waals surface area (Å²) in [5, 5.41) is 4.22. The van der Waals surface area contributed by atoms with Crippen LogP contribution in [0.2, 0.25) is 0 Å². The van der Waals surface area contributed by atoms with Crippen molar-refractivity contribution < 1.29 is 4.79 Å². The molecule has 0 bridgehead atoms. The van der Waals surface area contributed by atoms with Gasteiger partial charge in [-0.05, 0) is 45.4 Å². The Morgan fingerprint density at radius 1 is 1.12 bits per heavy atom. The van der Waals surface area contributed by atoms with E-state index in [4.69, 9.17) is 4.98 Å². The Hall–Kier alpha value is -2.14. The smallest absolute Gasteiger partial charge is 0.237 e. The summed E-state index contributed by atoms with van der Waals surface area (Å²) in [6.07, 6.45) is 0. The van der Waals surface area contributed by atoms with Crippen LogP contribution in [0, 0.1) is 6.92 Å². The Balaban J connectivity index is 1.67. The number of hydrogen-bond donors (Lipinski definition) is 1. The maximum Gasteiger partial charge on any atom is 0.237 e. The number of carbonyl (C=O) groups is 1. The van der Waals surface area contributed by atoms with Crippen LogP contribution in [-0.4, -0.2) is 54.1 Å². The molecule has 0 aliphatic carbocycles. The topological polar surface area (TPSA) is 48.5 Å². The Kier molecular flexibility index (Phi) is 5.23. The van der Waals surface area contributed by atoms with E-state index in [1.807, 2.05) is 26.8 Å². The maximum atomic E-state index is 12.2. The van der Waals surface area contributed by atoms with Crippen molar-refractivity contribution in [2.24, 2.45) is 0 Å². The lowest BCUT2D eigenvalue weighted by Gasteiger charge is -2.38. The van der Waals surface area contributed by atoms with Crippen molar-refractivity contribution in [3.8, 4) is 0 Å². The number of aryl methyl sites for hydroxylation is 1. The van der Waals surface area contributed by atoms with E-state index < -0.39 is 0 Å². The number of fused-ring (bicyclic) bond motifs is 1. The third kappa shape index (κ3) is 3.93. The molecule has 0 spiro atoms. The molecular weight excluding hydrogens is 312 g/mol. The standard InChI is InChI=1S/C20H28N4O/c1-14(2)21-20(25)16(4)23-9-11-24(12-10-23)19-13-15(3)17-7-5-6-8-18(17)22-19/h5-8,13-14,16H,9-12H2,1-4H3,(H,21,25). The summed E-state index contributed by atoms with van der Waals surface area (Å²) in [7, 11) is 0. The summed E-state index contributed by atoms with van der Waals surface area (Å²) in [6.45, 7) is 11.7. The van der Waals surface area contributed by atoms with Gasteiger partial charge >= 0.3 is 0 Å². The zero-order valence-electron chi connectivity index (χ0n) is 15.6. The molecule has 1 saturated heterocycles. The van der Waals surface area contributed by atoms with Crippen LogP contribution in [0.3, 0.4) is 0 Å². The van der Waals surface area contributed by atoms with Gasteiger partial charge in [-0.1, -0.05) is 18.2 Å². The molecule has 1 aromatic heterocycles. The predicted octanol–water partition coefficient (Wildman–Crippen LogP) is 2.58. The van der Waals surface area contributed by atoms with Crippen LogP contribution in [0.1, 0.15) is 26.3 Å². The highest BCUT2D eigenvalue weighted by Crippen LogP contribution is 2.23. The van der Waals surface area contributed by atoms with Crippen molar-refractivity contribution in [1.82, 2.24) is 15.2 Å². The fraction of sp³-hybridized carbons (Fsp3) is 0.500. The van der Waals surface area contributed by atoms with Crippen LogP contribution < -0.4 is 10.2 Å². The Morgan fingerprint density at radius 2 is 1.80 bits per heavy atom. The van der Waals surface area contributed by atoms with Crippen molar-refractivity contribution >= 4 is 22.6 Å². The van der Waals surface area contributed by atoms with E-state index in [-0.39, 0.29) is 18.0 Å². The highest BCUT2D eigenvalue weighted by atomic mass is 16.2. The van der Waals surface area contributed by atoms with E-state index in [0.29, 0.717) is 0 Å². The van der Waals surface area contributed by atoms with Gasteiger partial charge in [-0.15, -0.1) is 0 Å². The van der Waals surface area contributed by atoms with Gasteiger partial charge in [-0.2, -0.15) is 0 Å². The third-order valence-corrected chi connectivity index (χ3v) is 4.91. The first-order chi connectivity index (χ1) is 12.0. The second-order valence-electron chi connectivity index (χ2n) is 7.18. The number of rotatable bonds is 4. The molecule has 5 heteroatoms. The summed E-state index contributed by atoms with van der Waals surface area (Å²) >= 11 is 0. The van der Waals surface area contributed by atoms with E-state index in [9.17, 15) is 4.79 Å². The van der Waals surface area contributed by atoms with E-state index >= 15 is 0 Å². The van der Waals surface area contributed by atoms with E-state index in [1.54, 1.807) is 0 Å². The number of nitrogens with zero attached hydrogens (tertiary/aromatic N) is 3. The first-order valence-electron chi connectivity index (χ1n) is 9.11. The molecule has 0 saturated carbocycles. The molecule has 1 aliphatic heterocycles. The zero-order chi connectivity index (χ0) is 18.0. The highest BCUT2D eigenvalue weighted by molar-refractivity contribution is 5.84. The monoisotopic (exact) mass is 340 g/mol. The number of piperazine rings is 1. The number of amides is 1. The summed E-state index contributed by atoms with van der Waals surface area (Å²) in [5.41, 5.74) is 2.30. The van der Waals surface area contributed by atoms with Crippen LogP contribution in [0.4, 0.5) is 5.82 Å². The molecule has 2 aromatic rings. The van der Waals surface area contributed by atoms with Gasteiger partial charge in [0.15, 0.2) is 0 Å². The second kappa shape index (κ2) is 7.40. The summed E-state index contributed by atoms with van der Waals surface area (Å²) in [4.78, 5) is 21.6. The van der Waals surface area contributed by atoms with E-state index in [1.165, 1.54) is 10.9 Å². The average Bonchev–Trinajstić information content (AvgIpc) is 2.60. The Morgan fingerprint density at radius 3 is 2.48 bits per heavy atom. The van der Waals surface area contributed by atoms with Crippen LogP contribution in [0.25, 0.3) is 10.9 Å². The molecule has 1 aromatic carbocycles.